The number of fused-ring (bicyclic) bond motifs is 1. The fourth-order valence-corrected chi connectivity index (χ4v) is 4.39. The highest BCUT2D eigenvalue weighted by Gasteiger charge is 2.28. The van der Waals surface area contributed by atoms with E-state index in [1.165, 1.54) is 0 Å². The number of hydrogen-bond acceptors (Lipinski definition) is 5. The van der Waals surface area contributed by atoms with Crippen LogP contribution in [0.5, 0.6) is 0 Å². The minimum absolute atomic E-state index is 0.0736. The Bertz CT molecular complexity index is 1320. The van der Waals surface area contributed by atoms with E-state index in [0.717, 1.165) is 6.42 Å². The van der Waals surface area contributed by atoms with Crippen molar-refractivity contribution in [1.29, 1.82) is 0 Å². The SMILES string of the molecule is Cc1c(C(=O)NNC(=O)c2ccccc2Br)oc2c1/C(=N/NC(=O)c1ccccc1Cl)CCC2. The van der Waals surface area contributed by atoms with E-state index in [2.05, 4.69) is 37.3 Å². The molecular weight excluding hydrogens is 524 g/mol. The molecule has 0 radical (unpaired) electrons. The molecule has 1 aromatic heterocycles. The first-order valence-corrected chi connectivity index (χ1v) is 11.6. The highest BCUT2D eigenvalue weighted by atomic mass is 79.9. The van der Waals surface area contributed by atoms with Gasteiger partial charge >= 0.3 is 5.91 Å². The van der Waals surface area contributed by atoms with Crippen molar-refractivity contribution in [2.24, 2.45) is 5.10 Å². The van der Waals surface area contributed by atoms with E-state index in [9.17, 15) is 14.4 Å². The van der Waals surface area contributed by atoms with Crippen LogP contribution in [-0.2, 0) is 6.42 Å². The second kappa shape index (κ2) is 10.2. The minimum Gasteiger partial charge on any atom is -0.455 e. The maximum absolute atomic E-state index is 12.7. The molecule has 0 spiro atoms. The summed E-state index contributed by atoms with van der Waals surface area (Å²) in [6.07, 6.45) is 1.99. The van der Waals surface area contributed by atoms with E-state index >= 15 is 0 Å². The quantitative estimate of drug-likeness (QED) is 0.419. The van der Waals surface area contributed by atoms with Gasteiger partial charge in [0.15, 0.2) is 5.76 Å². The molecule has 4 rings (SSSR count). The number of rotatable bonds is 4. The van der Waals surface area contributed by atoms with E-state index in [0.29, 0.717) is 56.1 Å². The number of aryl methyl sites for hydroxylation is 1. The van der Waals surface area contributed by atoms with Gasteiger partial charge in [0.2, 0.25) is 0 Å². The molecule has 1 aliphatic rings. The van der Waals surface area contributed by atoms with Gasteiger partial charge in [-0.2, -0.15) is 5.10 Å². The van der Waals surface area contributed by atoms with Crippen molar-refractivity contribution in [1.82, 2.24) is 16.3 Å². The van der Waals surface area contributed by atoms with Crippen molar-refractivity contribution in [2.45, 2.75) is 26.2 Å². The molecule has 2 aromatic carbocycles. The van der Waals surface area contributed by atoms with Gasteiger partial charge in [-0.3, -0.25) is 25.2 Å². The first-order chi connectivity index (χ1) is 16.4. The molecule has 0 aliphatic heterocycles. The molecule has 3 aromatic rings. The number of carbonyl (C=O) groups excluding carboxylic acids is 3. The second-order valence-corrected chi connectivity index (χ2v) is 8.84. The predicted molar refractivity (Wildman–Crippen MR) is 131 cm³/mol. The molecule has 0 bridgehead atoms. The molecule has 10 heteroatoms. The van der Waals surface area contributed by atoms with Crippen LogP contribution in [0.25, 0.3) is 0 Å². The molecule has 0 saturated carbocycles. The Kier molecular flexibility index (Phi) is 7.14. The molecule has 0 fully saturated rings. The molecule has 1 heterocycles. The van der Waals surface area contributed by atoms with Crippen molar-refractivity contribution in [3.8, 4) is 0 Å². The number of amides is 3. The van der Waals surface area contributed by atoms with Crippen LogP contribution in [0.3, 0.4) is 0 Å². The monoisotopic (exact) mass is 542 g/mol. The number of hydrogen-bond donors (Lipinski definition) is 3. The summed E-state index contributed by atoms with van der Waals surface area (Å²) >= 11 is 9.39. The summed E-state index contributed by atoms with van der Waals surface area (Å²) in [7, 11) is 0. The molecule has 34 heavy (non-hydrogen) atoms. The number of halogens is 2. The van der Waals surface area contributed by atoms with Gasteiger partial charge in [0.1, 0.15) is 5.76 Å². The van der Waals surface area contributed by atoms with Gasteiger partial charge in [-0.1, -0.05) is 35.9 Å². The lowest BCUT2D eigenvalue weighted by molar-refractivity contribution is 0.0829. The van der Waals surface area contributed by atoms with Gasteiger partial charge in [0.05, 0.1) is 21.9 Å². The summed E-state index contributed by atoms with van der Waals surface area (Å²) in [5, 5.41) is 4.62. The summed E-state index contributed by atoms with van der Waals surface area (Å²) in [5.41, 5.74) is 9.89. The van der Waals surface area contributed by atoms with Crippen LogP contribution in [0.1, 0.15) is 61.0 Å². The number of carbonyl (C=O) groups is 3. The fraction of sp³-hybridized carbons (Fsp3) is 0.167. The van der Waals surface area contributed by atoms with Gasteiger partial charge in [-0.05, 0) is 60.0 Å². The van der Waals surface area contributed by atoms with E-state index in [1.807, 2.05) is 0 Å². The lowest BCUT2D eigenvalue weighted by atomic mass is 9.93. The van der Waals surface area contributed by atoms with Gasteiger partial charge < -0.3 is 4.42 Å². The van der Waals surface area contributed by atoms with Crippen molar-refractivity contribution in [3.63, 3.8) is 0 Å². The lowest BCUT2D eigenvalue weighted by Crippen LogP contribution is -2.41. The summed E-state index contributed by atoms with van der Waals surface area (Å²) in [6.45, 7) is 1.74. The molecule has 3 N–H and O–H groups in total. The second-order valence-electron chi connectivity index (χ2n) is 7.58. The van der Waals surface area contributed by atoms with E-state index in [4.69, 9.17) is 16.0 Å². The zero-order valence-corrected chi connectivity index (χ0v) is 20.4. The van der Waals surface area contributed by atoms with Crippen LogP contribution in [0.2, 0.25) is 5.02 Å². The Hall–Kier alpha value is -3.43. The predicted octanol–water partition coefficient (Wildman–Crippen LogP) is 4.55. The highest BCUT2D eigenvalue weighted by Crippen LogP contribution is 2.30. The molecular formula is C24H20BrClN4O4. The standard InChI is InChI=1S/C24H20BrClN4O4/c1-13-20-18(27-28-23(32)15-8-3-5-10-17(15)26)11-6-12-19(20)34-21(13)24(33)30-29-22(31)14-7-2-4-9-16(14)25/h2-5,7-10H,6,11-12H2,1H3,(H,28,32)(H,29,31)(H,30,33)/b27-18+. The smallest absolute Gasteiger partial charge is 0.305 e. The molecule has 0 atom stereocenters. The number of benzene rings is 2. The average molecular weight is 544 g/mol. The molecule has 0 unspecified atom stereocenters. The molecule has 0 saturated heterocycles. The van der Waals surface area contributed by atoms with Gasteiger partial charge in [0.25, 0.3) is 11.8 Å². The maximum Gasteiger partial charge on any atom is 0.305 e. The largest absolute Gasteiger partial charge is 0.455 e. The molecule has 8 nitrogen and oxygen atoms in total. The zero-order valence-electron chi connectivity index (χ0n) is 18.1. The Morgan fingerprint density at radius 3 is 2.35 bits per heavy atom. The minimum atomic E-state index is -0.591. The van der Waals surface area contributed by atoms with Gasteiger partial charge in [0, 0.05) is 22.0 Å². The number of furan rings is 1. The van der Waals surface area contributed by atoms with Crippen LogP contribution in [0.4, 0.5) is 0 Å². The van der Waals surface area contributed by atoms with E-state index in [-0.39, 0.29) is 5.76 Å². The van der Waals surface area contributed by atoms with E-state index in [1.54, 1.807) is 55.5 Å². The summed E-state index contributed by atoms with van der Waals surface area (Å²) in [4.78, 5) is 37.6. The number of hydrazone groups is 1. The van der Waals surface area contributed by atoms with Crippen molar-refractivity contribution >= 4 is 51.0 Å². The van der Waals surface area contributed by atoms with Crippen molar-refractivity contribution < 1.29 is 18.8 Å². The Morgan fingerprint density at radius 1 is 0.941 bits per heavy atom. The van der Waals surface area contributed by atoms with Gasteiger partial charge in [-0.25, -0.2) is 5.43 Å². The summed E-state index contributed by atoms with van der Waals surface area (Å²) < 4.78 is 6.42. The Labute approximate surface area is 208 Å². The maximum atomic E-state index is 12.7. The molecule has 1 aliphatic carbocycles. The fourth-order valence-electron chi connectivity index (χ4n) is 3.70. The number of nitrogens with zero attached hydrogens (tertiary/aromatic N) is 1. The third-order valence-corrected chi connectivity index (χ3v) is 6.37. The lowest BCUT2D eigenvalue weighted by Gasteiger charge is -2.13. The van der Waals surface area contributed by atoms with Crippen LogP contribution < -0.4 is 16.3 Å². The third-order valence-electron chi connectivity index (χ3n) is 5.35. The third kappa shape index (κ3) is 4.90. The first kappa shape index (κ1) is 23.7. The van der Waals surface area contributed by atoms with Gasteiger partial charge in [-0.15, -0.1) is 0 Å². The van der Waals surface area contributed by atoms with Crippen LogP contribution >= 0.6 is 27.5 Å². The topological polar surface area (TPSA) is 113 Å². The van der Waals surface area contributed by atoms with Crippen molar-refractivity contribution in [3.05, 3.63) is 91.8 Å². The van der Waals surface area contributed by atoms with Crippen molar-refractivity contribution in [2.75, 3.05) is 0 Å². The zero-order chi connectivity index (χ0) is 24.2. The Balaban J connectivity index is 1.50. The normalized spacial score (nSPS) is 13.8. The average Bonchev–Trinajstić information content (AvgIpc) is 3.18. The first-order valence-electron chi connectivity index (χ1n) is 10.5. The summed E-state index contributed by atoms with van der Waals surface area (Å²) in [6, 6.07) is 13.5. The van der Waals surface area contributed by atoms with Crippen LogP contribution in [0, 0.1) is 6.92 Å². The van der Waals surface area contributed by atoms with Crippen LogP contribution in [0.15, 0.2) is 62.5 Å². The molecule has 3 amide bonds. The van der Waals surface area contributed by atoms with E-state index < -0.39 is 17.7 Å². The highest BCUT2D eigenvalue weighted by molar-refractivity contribution is 9.10. The number of hydrazine groups is 1. The number of nitrogens with one attached hydrogen (secondary N) is 3. The Morgan fingerprint density at radius 2 is 1.62 bits per heavy atom. The summed E-state index contributed by atoms with van der Waals surface area (Å²) in [5.74, 6) is -0.813. The van der Waals surface area contributed by atoms with Crippen LogP contribution in [-0.4, -0.2) is 23.4 Å². The molecule has 174 valence electrons.